The molecule has 0 radical (unpaired) electrons. The molecule has 0 saturated carbocycles. The average molecular weight is 359 g/mol. The number of sulfonamides is 1. The number of benzene rings is 1. The number of aryl methyl sites for hydroxylation is 1. The van der Waals surface area contributed by atoms with E-state index in [-0.39, 0.29) is 22.2 Å². The Bertz CT molecular complexity index is 920. The third kappa shape index (κ3) is 3.70. The Kier molecular flexibility index (Phi) is 4.84. The van der Waals surface area contributed by atoms with Crippen molar-refractivity contribution >= 4 is 10.0 Å². The van der Waals surface area contributed by atoms with E-state index in [4.69, 9.17) is 5.26 Å². The van der Waals surface area contributed by atoms with Crippen LogP contribution in [0.4, 0.5) is 4.39 Å². The topological polar surface area (TPSA) is 74.1 Å². The van der Waals surface area contributed by atoms with Gasteiger partial charge in [-0.2, -0.15) is 9.57 Å². The van der Waals surface area contributed by atoms with Crippen molar-refractivity contribution < 1.29 is 12.8 Å². The Morgan fingerprint density at radius 2 is 2.08 bits per heavy atom. The lowest BCUT2D eigenvalue weighted by atomic mass is 9.99. The fourth-order valence-corrected chi connectivity index (χ4v) is 4.56. The molecular formula is C18H18FN3O2S. The molecule has 1 unspecified atom stereocenters. The van der Waals surface area contributed by atoms with E-state index in [1.54, 1.807) is 19.1 Å². The molecule has 2 heterocycles. The van der Waals surface area contributed by atoms with Crippen LogP contribution < -0.4 is 0 Å². The summed E-state index contributed by atoms with van der Waals surface area (Å²) >= 11 is 0. The first-order chi connectivity index (χ1) is 11.9. The van der Waals surface area contributed by atoms with Gasteiger partial charge in [-0.05, 0) is 49.4 Å². The minimum absolute atomic E-state index is 0.0529. The molecular weight excluding hydrogens is 341 g/mol. The quantitative estimate of drug-likeness (QED) is 0.841. The zero-order valence-electron chi connectivity index (χ0n) is 13.8. The molecule has 7 heteroatoms. The Hall–Kier alpha value is -2.30. The Labute approximate surface area is 146 Å². The van der Waals surface area contributed by atoms with Gasteiger partial charge in [0.1, 0.15) is 16.8 Å². The SMILES string of the molecule is Cc1ncc(S(=O)(=O)N2CCC(Cc3ccc(F)cc3)C2)cc1C#N. The minimum Gasteiger partial charge on any atom is -0.259 e. The summed E-state index contributed by atoms with van der Waals surface area (Å²) in [7, 11) is -3.66. The summed E-state index contributed by atoms with van der Waals surface area (Å²) in [6, 6.07) is 9.65. The molecule has 3 rings (SSSR count). The van der Waals surface area contributed by atoms with Crippen molar-refractivity contribution in [2.75, 3.05) is 13.1 Å². The van der Waals surface area contributed by atoms with Crippen molar-refractivity contribution in [2.45, 2.75) is 24.7 Å². The summed E-state index contributed by atoms with van der Waals surface area (Å²) in [5.41, 5.74) is 1.77. The molecule has 0 amide bonds. The highest BCUT2D eigenvalue weighted by Gasteiger charge is 2.33. The third-order valence-corrected chi connectivity index (χ3v) is 6.34. The van der Waals surface area contributed by atoms with E-state index in [0.29, 0.717) is 25.2 Å². The molecule has 1 atom stereocenters. The molecule has 1 aromatic heterocycles. The van der Waals surface area contributed by atoms with Gasteiger partial charge >= 0.3 is 0 Å². The summed E-state index contributed by atoms with van der Waals surface area (Å²) in [5, 5.41) is 9.07. The van der Waals surface area contributed by atoms with E-state index in [0.717, 1.165) is 12.0 Å². The predicted molar refractivity (Wildman–Crippen MR) is 90.7 cm³/mol. The van der Waals surface area contributed by atoms with Crippen LogP contribution in [-0.4, -0.2) is 30.8 Å². The molecule has 0 N–H and O–H groups in total. The molecule has 0 aliphatic carbocycles. The second-order valence-corrected chi connectivity index (χ2v) is 8.20. The first-order valence-electron chi connectivity index (χ1n) is 8.01. The van der Waals surface area contributed by atoms with Crippen LogP contribution in [0.2, 0.25) is 0 Å². The highest BCUT2D eigenvalue weighted by atomic mass is 32.2. The van der Waals surface area contributed by atoms with Crippen LogP contribution in [-0.2, 0) is 16.4 Å². The monoisotopic (exact) mass is 359 g/mol. The number of halogens is 1. The summed E-state index contributed by atoms with van der Waals surface area (Å²) in [6.07, 6.45) is 2.77. The number of nitriles is 1. The van der Waals surface area contributed by atoms with E-state index in [1.807, 2.05) is 6.07 Å². The van der Waals surface area contributed by atoms with E-state index in [9.17, 15) is 12.8 Å². The highest BCUT2D eigenvalue weighted by molar-refractivity contribution is 7.89. The lowest BCUT2D eigenvalue weighted by Crippen LogP contribution is -2.29. The average Bonchev–Trinajstić information content (AvgIpc) is 3.06. The third-order valence-electron chi connectivity index (χ3n) is 4.51. The van der Waals surface area contributed by atoms with Gasteiger partial charge in [0.05, 0.1) is 11.3 Å². The van der Waals surface area contributed by atoms with Gasteiger partial charge in [0, 0.05) is 19.3 Å². The highest BCUT2D eigenvalue weighted by Crippen LogP contribution is 2.27. The smallest absolute Gasteiger partial charge is 0.244 e. The molecule has 1 fully saturated rings. The number of pyridine rings is 1. The minimum atomic E-state index is -3.66. The number of nitrogens with zero attached hydrogens (tertiary/aromatic N) is 3. The van der Waals surface area contributed by atoms with Gasteiger partial charge in [-0.15, -0.1) is 0 Å². The summed E-state index contributed by atoms with van der Waals surface area (Å²) < 4.78 is 40.0. The fourth-order valence-electron chi connectivity index (χ4n) is 3.05. The molecule has 1 aliphatic rings. The molecule has 0 bridgehead atoms. The van der Waals surface area contributed by atoms with Gasteiger partial charge in [0.15, 0.2) is 0 Å². The second-order valence-electron chi connectivity index (χ2n) is 6.26. The maximum Gasteiger partial charge on any atom is 0.244 e. The standard InChI is InChI=1S/C18H18FN3O2S/c1-13-16(10-20)9-18(11-21-13)25(23,24)22-7-6-15(12-22)8-14-2-4-17(19)5-3-14/h2-5,9,11,15H,6-8,12H2,1H3. The molecule has 130 valence electrons. The zero-order chi connectivity index (χ0) is 18.0. The lowest BCUT2D eigenvalue weighted by Gasteiger charge is -2.17. The summed E-state index contributed by atoms with van der Waals surface area (Å²) in [6.45, 7) is 2.52. The van der Waals surface area contributed by atoms with Gasteiger partial charge in [-0.25, -0.2) is 12.8 Å². The van der Waals surface area contributed by atoms with E-state index < -0.39 is 10.0 Å². The normalized spacial score (nSPS) is 18.2. The second kappa shape index (κ2) is 6.90. The molecule has 0 spiro atoms. The maximum absolute atomic E-state index is 13.0. The van der Waals surface area contributed by atoms with Crippen molar-refractivity contribution in [1.29, 1.82) is 5.26 Å². The van der Waals surface area contributed by atoms with Gasteiger partial charge in [0.2, 0.25) is 10.0 Å². The van der Waals surface area contributed by atoms with Crippen LogP contribution in [0.15, 0.2) is 41.4 Å². The Morgan fingerprint density at radius 3 is 2.76 bits per heavy atom. The number of aromatic nitrogens is 1. The zero-order valence-corrected chi connectivity index (χ0v) is 14.6. The lowest BCUT2D eigenvalue weighted by molar-refractivity contribution is 0.455. The first-order valence-corrected chi connectivity index (χ1v) is 9.45. The first kappa shape index (κ1) is 17.5. The molecule has 5 nitrogen and oxygen atoms in total. The number of hydrogen-bond donors (Lipinski definition) is 0. The summed E-state index contributed by atoms with van der Waals surface area (Å²) in [5.74, 6) is -0.0892. The van der Waals surface area contributed by atoms with Gasteiger partial charge in [-0.3, -0.25) is 4.98 Å². The molecule has 1 saturated heterocycles. The van der Waals surface area contributed by atoms with Crippen LogP contribution in [0.1, 0.15) is 23.2 Å². The molecule has 1 aliphatic heterocycles. The van der Waals surface area contributed by atoms with Crippen LogP contribution >= 0.6 is 0 Å². The van der Waals surface area contributed by atoms with E-state index in [1.165, 1.54) is 28.7 Å². The maximum atomic E-state index is 13.0. The predicted octanol–water partition coefficient (Wildman–Crippen LogP) is 2.65. The molecule has 2 aromatic rings. The van der Waals surface area contributed by atoms with E-state index in [2.05, 4.69) is 4.98 Å². The van der Waals surface area contributed by atoms with Crippen LogP contribution in [0, 0.1) is 30.0 Å². The van der Waals surface area contributed by atoms with Crippen molar-refractivity contribution in [2.24, 2.45) is 5.92 Å². The van der Waals surface area contributed by atoms with Crippen LogP contribution in [0.5, 0.6) is 0 Å². The van der Waals surface area contributed by atoms with Gasteiger partial charge in [-0.1, -0.05) is 12.1 Å². The number of rotatable bonds is 4. The summed E-state index contributed by atoms with van der Waals surface area (Å²) in [4.78, 5) is 4.07. The van der Waals surface area contributed by atoms with Crippen molar-refractivity contribution in [1.82, 2.24) is 9.29 Å². The molecule has 1 aromatic carbocycles. The van der Waals surface area contributed by atoms with Crippen molar-refractivity contribution in [3.63, 3.8) is 0 Å². The largest absolute Gasteiger partial charge is 0.259 e. The Balaban J connectivity index is 1.74. The number of hydrogen-bond acceptors (Lipinski definition) is 4. The Morgan fingerprint density at radius 1 is 1.36 bits per heavy atom. The van der Waals surface area contributed by atoms with Crippen LogP contribution in [0.3, 0.4) is 0 Å². The van der Waals surface area contributed by atoms with Crippen molar-refractivity contribution in [3.05, 3.63) is 59.2 Å². The fraction of sp³-hybridized carbons (Fsp3) is 0.333. The van der Waals surface area contributed by atoms with Gasteiger partial charge < -0.3 is 0 Å². The van der Waals surface area contributed by atoms with Crippen LogP contribution in [0.25, 0.3) is 0 Å². The molecule has 25 heavy (non-hydrogen) atoms. The van der Waals surface area contributed by atoms with E-state index >= 15 is 0 Å². The van der Waals surface area contributed by atoms with Gasteiger partial charge in [0.25, 0.3) is 0 Å². The van der Waals surface area contributed by atoms with Crippen molar-refractivity contribution in [3.8, 4) is 6.07 Å².